The van der Waals surface area contributed by atoms with Crippen molar-refractivity contribution >= 4 is 5.97 Å². The topological polar surface area (TPSA) is 68.0 Å². The largest absolute Gasteiger partial charge is 0.481 e. The van der Waals surface area contributed by atoms with Crippen LogP contribution in [0.1, 0.15) is 31.0 Å². The van der Waals surface area contributed by atoms with Gasteiger partial charge in [0, 0.05) is 0 Å². The maximum atomic E-state index is 10.8. The molecule has 0 atom stereocenters. The van der Waals surface area contributed by atoms with Crippen LogP contribution in [0.5, 0.6) is 0 Å². The van der Waals surface area contributed by atoms with E-state index in [1.165, 1.54) is 11.8 Å². The standard InChI is InChI=1S/C13H15N3O2/c1-9(2)10-4-3-5-11(6-10)16-12(7-13(17)18)8-14-15-16/h3-6,8-9H,7H2,1-2H3,(H,17,18). The Morgan fingerprint density at radius 1 is 1.44 bits per heavy atom. The number of benzene rings is 1. The highest BCUT2D eigenvalue weighted by atomic mass is 16.4. The van der Waals surface area contributed by atoms with Crippen molar-refractivity contribution in [3.8, 4) is 5.69 Å². The zero-order valence-corrected chi connectivity index (χ0v) is 10.4. The molecular weight excluding hydrogens is 230 g/mol. The number of aliphatic carboxylic acids is 1. The van der Waals surface area contributed by atoms with Crippen molar-refractivity contribution in [2.45, 2.75) is 26.2 Å². The van der Waals surface area contributed by atoms with Gasteiger partial charge in [0.25, 0.3) is 0 Å². The molecule has 0 saturated carbocycles. The van der Waals surface area contributed by atoms with E-state index in [-0.39, 0.29) is 6.42 Å². The van der Waals surface area contributed by atoms with Crippen molar-refractivity contribution in [2.75, 3.05) is 0 Å². The van der Waals surface area contributed by atoms with Crippen molar-refractivity contribution in [1.82, 2.24) is 15.0 Å². The number of rotatable bonds is 4. The quantitative estimate of drug-likeness (QED) is 0.894. The van der Waals surface area contributed by atoms with Crippen LogP contribution in [-0.4, -0.2) is 26.1 Å². The summed E-state index contributed by atoms with van der Waals surface area (Å²) < 4.78 is 1.57. The van der Waals surface area contributed by atoms with E-state index in [4.69, 9.17) is 5.11 Å². The molecular formula is C13H15N3O2. The van der Waals surface area contributed by atoms with Gasteiger partial charge in [0.2, 0.25) is 0 Å². The van der Waals surface area contributed by atoms with Gasteiger partial charge in [-0.3, -0.25) is 4.79 Å². The summed E-state index contributed by atoms with van der Waals surface area (Å²) in [4.78, 5) is 10.8. The summed E-state index contributed by atoms with van der Waals surface area (Å²) >= 11 is 0. The van der Waals surface area contributed by atoms with Gasteiger partial charge in [-0.15, -0.1) is 5.10 Å². The average molecular weight is 245 g/mol. The summed E-state index contributed by atoms with van der Waals surface area (Å²) in [5.41, 5.74) is 2.60. The third kappa shape index (κ3) is 2.56. The molecule has 5 nitrogen and oxygen atoms in total. The first kappa shape index (κ1) is 12.3. The molecule has 0 amide bonds. The highest BCUT2D eigenvalue weighted by molar-refractivity contribution is 5.69. The normalized spacial score (nSPS) is 10.8. The maximum absolute atomic E-state index is 10.8. The van der Waals surface area contributed by atoms with Crippen molar-refractivity contribution < 1.29 is 9.90 Å². The minimum Gasteiger partial charge on any atom is -0.481 e. The Balaban J connectivity index is 2.39. The van der Waals surface area contributed by atoms with Crippen LogP contribution in [0.15, 0.2) is 30.5 Å². The maximum Gasteiger partial charge on any atom is 0.309 e. The van der Waals surface area contributed by atoms with Gasteiger partial charge in [0.1, 0.15) is 0 Å². The lowest BCUT2D eigenvalue weighted by atomic mass is 10.0. The Kier molecular flexibility index (Phi) is 3.41. The fourth-order valence-electron chi connectivity index (χ4n) is 1.76. The smallest absolute Gasteiger partial charge is 0.309 e. The molecule has 1 N–H and O–H groups in total. The Hall–Kier alpha value is -2.17. The molecule has 2 aromatic rings. The van der Waals surface area contributed by atoms with Crippen LogP contribution in [0.3, 0.4) is 0 Å². The molecule has 0 radical (unpaired) electrons. The van der Waals surface area contributed by atoms with Gasteiger partial charge in [0.05, 0.1) is 24.0 Å². The van der Waals surface area contributed by atoms with Gasteiger partial charge in [-0.05, 0) is 23.6 Å². The fraction of sp³-hybridized carbons (Fsp3) is 0.308. The molecule has 1 aromatic carbocycles. The molecule has 2 rings (SSSR count). The minimum atomic E-state index is -0.890. The van der Waals surface area contributed by atoms with Crippen LogP contribution >= 0.6 is 0 Å². The van der Waals surface area contributed by atoms with Crippen LogP contribution in [-0.2, 0) is 11.2 Å². The van der Waals surface area contributed by atoms with E-state index >= 15 is 0 Å². The third-order valence-electron chi connectivity index (χ3n) is 2.73. The monoisotopic (exact) mass is 245 g/mol. The van der Waals surface area contributed by atoms with Crippen molar-refractivity contribution in [2.24, 2.45) is 0 Å². The summed E-state index contributed by atoms with van der Waals surface area (Å²) in [6.45, 7) is 4.22. The Morgan fingerprint density at radius 2 is 2.22 bits per heavy atom. The molecule has 94 valence electrons. The van der Waals surface area contributed by atoms with E-state index in [9.17, 15) is 4.79 Å². The molecule has 0 aliphatic heterocycles. The van der Waals surface area contributed by atoms with Crippen molar-refractivity contribution in [3.05, 3.63) is 41.7 Å². The Bertz CT molecular complexity index is 561. The molecule has 0 unspecified atom stereocenters. The number of hydrogen-bond acceptors (Lipinski definition) is 3. The van der Waals surface area contributed by atoms with Crippen LogP contribution in [0, 0.1) is 0 Å². The van der Waals surface area contributed by atoms with Crippen molar-refractivity contribution in [1.29, 1.82) is 0 Å². The van der Waals surface area contributed by atoms with E-state index in [1.807, 2.05) is 24.3 Å². The van der Waals surface area contributed by atoms with E-state index in [2.05, 4.69) is 24.2 Å². The highest BCUT2D eigenvalue weighted by Gasteiger charge is 2.10. The Morgan fingerprint density at radius 3 is 2.89 bits per heavy atom. The fourth-order valence-corrected chi connectivity index (χ4v) is 1.76. The first-order valence-corrected chi connectivity index (χ1v) is 5.79. The molecule has 1 heterocycles. The van der Waals surface area contributed by atoms with Crippen molar-refractivity contribution in [3.63, 3.8) is 0 Å². The zero-order valence-electron chi connectivity index (χ0n) is 10.4. The first-order chi connectivity index (χ1) is 8.58. The minimum absolute atomic E-state index is 0.0844. The van der Waals surface area contributed by atoms with E-state index in [0.717, 1.165) is 5.69 Å². The molecule has 0 fully saturated rings. The van der Waals surface area contributed by atoms with Gasteiger partial charge in [0.15, 0.2) is 0 Å². The molecule has 0 aliphatic carbocycles. The highest BCUT2D eigenvalue weighted by Crippen LogP contribution is 2.18. The molecule has 0 saturated heterocycles. The Labute approximate surface area is 105 Å². The SMILES string of the molecule is CC(C)c1cccc(-n2nncc2CC(=O)O)c1. The van der Waals surface area contributed by atoms with Crippen LogP contribution in [0.25, 0.3) is 5.69 Å². The number of aromatic nitrogens is 3. The molecule has 5 heteroatoms. The lowest BCUT2D eigenvalue weighted by molar-refractivity contribution is -0.136. The zero-order chi connectivity index (χ0) is 13.1. The average Bonchev–Trinajstić information content (AvgIpc) is 2.76. The summed E-state index contributed by atoms with van der Waals surface area (Å²) in [5.74, 6) is -0.477. The predicted octanol–water partition coefficient (Wildman–Crippen LogP) is 2.02. The summed E-state index contributed by atoms with van der Waals surface area (Å²) in [5, 5.41) is 16.5. The molecule has 1 aromatic heterocycles. The van der Waals surface area contributed by atoms with Gasteiger partial charge >= 0.3 is 5.97 Å². The number of carbonyl (C=O) groups is 1. The van der Waals surface area contributed by atoms with Gasteiger partial charge in [-0.2, -0.15) is 0 Å². The van der Waals surface area contributed by atoms with Gasteiger partial charge < -0.3 is 5.11 Å². The van der Waals surface area contributed by atoms with E-state index < -0.39 is 5.97 Å². The number of carboxylic acid groups (broad SMARTS) is 1. The van der Waals surface area contributed by atoms with Gasteiger partial charge in [-0.25, -0.2) is 4.68 Å². The lowest BCUT2D eigenvalue weighted by Crippen LogP contribution is -2.08. The molecule has 0 spiro atoms. The van der Waals surface area contributed by atoms with Gasteiger partial charge in [-0.1, -0.05) is 31.2 Å². The van der Waals surface area contributed by atoms with E-state index in [1.54, 1.807) is 4.68 Å². The number of nitrogens with zero attached hydrogens (tertiary/aromatic N) is 3. The molecule has 0 aliphatic rings. The first-order valence-electron chi connectivity index (χ1n) is 5.79. The third-order valence-corrected chi connectivity index (χ3v) is 2.73. The second-order valence-corrected chi connectivity index (χ2v) is 4.46. The van der Waals surface area contributed by atoms with Crippen LogP contribution in [0.4, 0.5) is 0 Å². The summed E-state index contributed by atoms with van der Waals surface area (Å²) in [6.07, 6.45) is 1.40. The van der Waals surface area contributed by atoms with Crippen LogP contribution < -0.4 is 0 Å². The second kappa shape index (κ2) is 5.00. The number of hydrogen-bond donors (Lipinski definition) is 1. The number of carboxylic acids is 1. The van der Waals surface area contributed by atoms with E-state index in [0.29, 0.717) is 11.6 Å². The summed E-state index contributed by atoms with van der Waals surface area (Å²) in [7, 11) is 0. The predicted molar refractivity (Wildman–Crippen MR) is 66.8 cm³/mol. The lowest BCUT2D eigenvalue weighted by Gasteiger charge is -2.09. The molecule has 0 bridgehead atoms. The molecule has 18 heavy (non-hydrogen) atoms. The summed E-state index contributed by atoms with van der Waals surface area (Å²) in [6, 6.07) is 7.88. The second-order valence-electron chi connectivity index (χ2n) is 4.46. The van der Waals surface area contributed by atoms with Crippen LogP contribution in [0.2, 0.25) is 0 Å².